The fourth-order valence-corrected chi connectivity index (χ4v) is 4.63. The van der Waals surface area contributed by atoms with E-state index in [2.05, 4.69) is 5.32 Å². The van der Waals surface area contributed by atoms with E-state index in [1.807, 2.05) is 31.2 Å². The highest BCUT2D eigenvalue weighted by molar-refractivity contribution is 6.04. The number of dihydropyridines is 1. The van der Waals surface area contributed by atoms with E-state index in [-0.39, 0.29) is 24.1 Å². The summed E-state index contributed by atoms with van der Waals surface area (Å²) in [6, 6.07) is 14.5. The molecule has 6 heteroatoms. The van der Waals surface area contributed by atoms with Gasteiger partial charge in [-0.1, -0.05) is 24.3 Å². The molecule has 1 aliphatic heterocycles. The van der Waals surface area contributed by atoms with Crippen LogP contribution in [0.5, 0.6) is 11.5 Å². The second-order valence-corrected chi connectivity index (χ2v) is 8.10. The van der Waals surface area contributed by atoms with Gasteiger partial charge in [-0.2, -0.15) is 0 Å². The molecule has 0 fully saturated rings. The number of methoxy groups -OCH3 is 1. The summed E-state index contributed by atoms with van der Waals surface area (Å²) in [5.41, 5.74) is 4.41. The van der Waals surface area contributed by atoms with Gasteiger partial charge >= 0.3 is 5.97 Å². The molecule has 0 spiro atoms. The molecular formula is C26H27NO5. The minimum Gasteiger partial charge on any atom is -0.508 e. The van der Waals surface area contributed by atoms with Gasteiger partial charge in [0.15, 0.2) is 5.78 Å². The van der Waals surface area contributed by atoms with Crippen molar-refractivity contribution in [3.05, 3.63) is 82.2 Å². The van der Waals surface area contributed by atoms with Crippen molar-refractivity contribution in [1.29, 1.82) is 0 Å². The Balaban J connectivity index is 1.76. The average molecular weight is 434 g/mol. The number of phenolic OH excluding ortho intramolecular Hbond substituents is 1. The highest BCUT2D eigenvalue weighted by atomic mass is 16.5. The van der Waals surface area contributed by atoms with Crippen molar-refractivity contribution in [2.75, 3.05) is 13.7 Å². The van der Waals surface area contributed by atoms with Crippen LogP contribution in [0.2, 0.25) is 0 Å². The lowest BCUT2D eigenvalue weighted by Crippen LogP contribution is -2.36. The number of hydrogen-bond donors (Lipinski definition) is 2. The summed E-state index contributed by atoms with van der Waals surface area (Å²) in [6.07, 6.45) is 1.02. The molecule has 2 atom stereocenters. The molecule has 2 aromatic rings. The number of rotatable bonds is 5. The zero-order chi connectivity index (χ0) is 22.8. The first kappa shape index (κ1) is 21.7. The smallest absolute Gasteiger partial charge is 0.336 e. The number of carbonyl (C=O) groups is 2. The van der Waals surface area contributed by atoms with Gasteiger partial charge in [0.05, 0.1) is 19.3 Å². The number of Topliss-reactive ketones (excluding diaryl/α,β-unsaturated/α-hetero) is 1. The third kappa shape index (κ3) is 4.00. The lowest BCUT2D eigenvalue weighted by atomic mass is 9.71. The second-order valence-electron chi connectivity index (χ2n) is 8.10. The number of hydrogen-bond acceptors (Lipinski definition) is 6. The predicted molar refractivity (Wildman–Crippen MR) is 120 cm³/mol. The predicted octanol–water partition coefficient (Wildman–Crippen LogP) is 4.33. The van der Waals surface area contributed by atoms with Crippen LogP contribution < -0.4 is 10.1 Å². The van der Waals surface area contributed by atoms with Crippen molar-refractivity contribution in [2.24, 2.45) is 0 Å². The molecular weight excluding hydrogens is 406 g/mol. The summed E-state index contributed by atoms with van der Waals surface area (Å²) in [7, 11) is 1.63. The Kier molecular flexibility index (Phi) is 6.04. The number of benzene rings is 2. The van der Waals surface area contributed by atoms with E-state index in [1.165, 1.54) is 0 Å². The van der Waals surface area contributed by atoms with Gasteiger partial charge in [0.25, 0.3) is 0 Å². The topological polar surface area (TPSA) is 84.9 Å². The molecule has 0 aromatic heterocycles. The first-order valence-corrected chi connectivity index (χ1v) is 10.8. The third-order valence-electron chi connectivity index (χ3n) is 6.14. The molecule has 4 rings (SSSR count). The fraction of sp³-hybridized carbons (Fsp3) is 0.308. The number of esters is 1. The molecule has 1 aliphatic carbocycles. The Labute approximate surface area is 187 Å². The molecule has 166 valence electrons. The summed E-state index contributed by atoms with van der Waals surface area (Å²) < 4.78 is 10.6. The number of carbonyl (C=O) groups excluding carboxylic acids is 2. The van der Waals surface area contributed by atoms with Crippen molar-refractivity contribution in [3.63, 3.8) is 0 Å². The summed E-state index contributed by atoms with van der Waals surface area (Å²) in [4.78, 5) is 26.3. The highest BCUT2D eigenvalue weighted by Crippen LogP contribution is 2.46. The molecule has 32 heavy (non-hydrogen) atoms. The Morgan fingerprint density at radius 3 is 2.34 bits per heavy atom. The monoisotopic (exact) mass is 433 g/mol. The molecule has 0 amide bonds. The van der Waals surface area contributed by atoms with Crippen LogP contribution in [0.1, 0.15) is 49.7 Å². The van der Waals surface area contributed by atoms with E-state index >= 15 is 0 Å². The summed E-state index contributed by atoms with van der Waals surface area (Å²) in [5.74, 6) is -0.0203. The van der Waals surface area contributed by atoms with Gasteiger partial charge in [-0.25, -0.2) is 4.79 Å². The van der Waals surface area contributed by atoms with Gasteiger partial charge in [-0.15, -0.1) is 0 Å². The van der Waals surface area contributed by atoms with Crippen molar-refractivity contribution >= 4 is 11.8 Å². The van der Waals surface area contributed by atoms with Gasteiger partial charge in [-0.3, -0.25) is 4.79 Å². The van der Waals surface area contributed by atoms with E-state index in [9.17, 15) is 14.7 Å². The van der Waals surface area contributed by atoms with Crippen LogP contribution in [-0.4, -0.2) is 30.6 Å². The van der Waals surface area contributed by atoms with Crippen LogP contribution in [0.4, 0.5) is 0 Å². The van der Waals surface area contributed by atoms with Crippen molar-refractivity contribution in [2.45, 2.75) is 38.5 Å². The molecule has 0 radical (unpaired) electrons. The first-order valence-electron chi connectivity index (χ1n) is 10.8. The number of ether oxygens (including phenoxy) is 2. The van der Waals surface area contributed by atoms with Crippen LogP contribution in [0, 0.1) is 0 Å². The standard InChI is InChI=1S/C26H27NO5/c1-4-32-26(30)23-15(2)27-21-13-18(16-7-11-20(31-3)12-8-16)14-22(29)25(21)24(23)17-5-9-19(28)10-6-17/h5-12,18,24,27-28H,4,13-14H2,1-3H3. The quantitative estimate of drug-likeness (QED) is 0.683. The maximum absolute atomic E-state index is 13.5. The Morgan fingerprint density at radius 1 is 1.06 bits per heavy atom. The van der Waals surface area contributed by atoms with Gasteiger partial charge in [-0.05, 0) is 61.6 Å². The van der Waals surface area contributed by atoms with Crippen LogP contribution >= 0.6 is 0 Å². The molecule has 2 unspecified atom stereocenters. The Bertz CT molecular complexity index is 1100. The number of nitrogens with one attached hydrogen (secondary N) is 1. The minimum absolute atomic E-state index is 0.00643. The Morgan fingerprint density at radius 2 is 1.72 bits per heavy atom. The van der Waals surface area contributed by atoms with E-state index < -0.39 is 11.9 Å². The number of allylic oxidation sites excluding steroid dienone is 3. The van der Waals surface area contributed by atoms with E-state index in [1.54, 1.807) is 38.3 Å². The maximum Gasteiger partial charge on any atom is 0.336 e. The van der Waals surface area contributed by atoms with Gasteiger partial charge < -0.3 is 19.9 Å². The number of ketones is 1. The van der Waals surface area contributed by atoms with Crippen LogP contribution in [0.25, 0.3) is 0 Å². The van der Waals surface area contributed by atoms with E-state index in [0.717, 1.165) is 22.6 Å². The molecule has 2 aromatic carbocycles. The van der Waals surface area contributed by atoms with E-state index in [0.29, 0.717) is 29.7 Å². The lowest BCUT2D eigenvalue weighted by molar-refractivity contribution is -0.138. The van der Waals surface area contributed by atoms with Crippen molar-refractivity contribution in [1.82, 2.24) is 5.32 Å². The van der Waals surface area contributed by atoms with Crippen molar-refractivity contribution in [3.8, 4) is 11.5 Å². The molecule has 0 saturated carbocycles. The maximum atomic E-state index is 13.5. The van der Waals surface area contributed by atoms with E-state index in [4.69, 9.17) is 9.47 Å². The zero-order valence-corrected chi connectivity index (χ0v) is 18.5. The third-order valence-corrected chi connectivity index (χ3v) is 6.14. The molecule has 2 aliphatic rings. The van der Waals surface area contributed by atoms with Gasteiger partial charge in [0.1, 0.15) is 11.5 Å². The summed E-state index contributed by atoms with van der Waals surface area (Å²) in [6.45, 7) is 3.84. The van der Waals surface area contributed by atoms with Gasteiger partial charge in [0, 0.05) is 29.3 Å². The second kappa shape index (κ2) is 8.91. The normalized spacial score (nSPS) is 20.5. The number of aromatic hydroxyl groups is 1. The minimum atomic E-state index is -0.532. The van der Waals surface area contributed by atoms with Gasteiger partial charge in [0.2, 0.25) is 0 Å². The summed E-state index contributed by atoms with van der Waals surface area (Å²) >= 11 is 0. The molecule has 1 heterocycles. The van der Waals surface area contributed by atoms with Crippen LogP contribution in [-0.2, 0) is 14.3 Å². The average Bonchev–Trinajstić information content (AvgIpc) is 2.78. The zero-order valence-electron chi connectivity index (χ0n) is 18.5. The van der Waals surface area contributed by atoms with Crippen molar-refractivity contribution < 1.29 is 24.2 Å². The number of phenols is 1. The molecule has 0 bridgehead atoms. The highest BCUT2D eigenvalue weighted by Gasteiger charge is 2.41. The summed E-state index contributed by atoms with van der Waals surface area (Å²) in [5, 5.41) is 13.1. The fourth-order valence-electron chi connectivity index (χ4n) is 4.63. The largest absolute Gasteiger partial charge is 0.508 e. The molecule has 6 nitrogen and oxygen atoms in total. The first-order chi connectivity index (χ1) is 15.4. The molecule has 2 N–H and O–H groups in total. The molecule has 0 saturated heterocycles. The van der Waals surface area contributed by atoms with Crippen LogP contribution in [0.3, 0.4) is 0 Å². The Hall–Kier alpha value is -3.54. The van der Waals surface area contributed by atoms with Crippen LogP contribution in [0.15, 0.2) is 71.1 Å². The SMILES string of the molecule is CCOC(=O)C1=C(C)NC2=C(C(=O)CC(c3ccc(OC)cc3)C2)C1c1ccc(O)cc1. The lowest BCUT2D eigenvalue weighted by Gasteiger charge is -2.36.